The van der Waals surface area contributed by atoms with Gasteiger partial charge in [-0.2, -0.15) is 0 Å². The van der Waals surface area contributed by atoms with Gasteiger partial charge in [0, 0.05) is 48.8 Å². The number of amidine groups is 1. The number of hydrazine groups is 1. The Morgan fingerprint density at radius 2 is 1.87 bits per heavy atom. The standard InChI is InChI=1S/C22H29F2N5O/c1-5-6-20(30)14(2)15-7-12-19(18(13-15)21(25)28-29(4)26)27-17-10-8-16(9-11-17)22(3,23)24/h7-14,27H,5-6,26H2,1-4H3,(H2,25,28). The largest absolute Gasteiger partial charge is 0.382 e. The number of halogens is 2. The first-order chi connectivity index (χ1) is 14.0. The molecule has 0 spiro atoms. The number of carbonyl (C=O) groups is 1. The van der Waals surface area contributed by atoms with Crippen molar-refractivity contribution in [2.45, 2.75) is 45.5 Å². The molecule has 0 heterocycles. The summed E-state index contributed by atoms with van der Waals surface area (Å²) in [6.07, 6.45) is 1.28. The van der Waals surface area contributed by atoms with Crippen LogP contribution in [-0.2, 0) is 10.7 Å². The summed E-state index contributed by atoms with van der Waals surface area (Å²) in [5, 5.41) is 8.33. The van der Waals surface area contributed by atoms with Crippen LogP contribution in [0.2, 0.25) is 0 Å². The molecule has 0 fully saturated rings. The van der Waals surface area contributed by atoms with Crippen LogP contribution in [0, 0.1) is 0 Å². The third-order valence-corrected chi connectivity index (χ3v) is 4.74. The Hall–Kier alpha value is -3.00. The van der Waals surface area contributed by atoms with Gasteiger partial charge in [0.15, 0.2) is 5.84 Å². The first-order valence-electron chi connectivity index (χ1n) is 9.77. The Kier molecular flexibility index (Phi) is 7.50. The molecule has 2 aromatic carbocycles. The van der Waals surface area contributed by atoms with Crippen molar-refractivity contribution in [2.24, 2.45) is 16.7 Å². The Morgan fingerprint density at radius 3 is 2.40 bits per heavy atom. The van der Waals surface area contributed by atoms with Gasteiger partial charge < -0.3 is 11.1 Å². The van der Waals surface area contributed by atoms with Crippen LogP contribution >= 0.6 is 0 Å². The fourth-order valence-corrected chi connectivity index (χ4v) is 3.03. The Bertz CT molecular complexity index is 905. The summed E-state index contributed by atoms with van der Waals surface area (Å²) >= 11 is 0. The number of hydrogen-bond acceptors (Lipinski definition) is 5. The molecule has 30 heavy (non-hydrogen) atoms. The summed E-state index contributed by atoms with van der Waals surface area (Å²) in [6.45, 7) is 4.68. The van der Waals surface area contributed by atoms with Crippen LogP contribution in [0.4, 0.5) is 20.2 Å². The number of benzene rings is 2. The molecule has 0 aliphatic carbocycles. The number of anilines is 2. The van der Waals surface area contributed by atoms with Crippen molar-refractivity contribution in [3.05, 3.63) is 59.2 Å². The normalized spacial score (nSPS) is 13.1. The number of carbonyl (C=O) groups excluding carboxylic acids is 1. The molecule has 2 rings (SSSR count). The van der Waals surface area contributed by atoms with E-state index in [4.69, 9.17) is 11.6 Å². The summed E-state index contributed by atoms with van der Waals surface area (Å²) in [7, 11) is 1.54. The predicted molar refractivity (Wildman–Crippen MR) is 117 cm³/mol. The van der Waals surface area contributed by atoms with E-state index in [9.17, 15) is 13.6 Å². The molecule has 162 valence electrons. The van der Waals surface area contributed by atoms with E-state index in [0.29, 0.717) is 23.4 Å². The maximum absolute atomic E-state index is 13.4. The van der Waals surface area contributed by atoms with Crippen molar-refractivity contribution in [2.75, 3.05) is 12.4 Å². The quantitative estimate of drug-likeness (QED) is 0.243. The van der Waals surface area contributed by atoms with Crippen molar-refractivity contribution in [1.29, 1.82) is 0 Å². The van der Waals surface area contributed by atoms with Gasteiger partial charge in [0.2, 0.25) is 0 Å². The molecule has 0 bridgehead atoms. The lowest BCUT2D eigenvalue weighted by atomic mass is 9.92. The van der Waals surface area contributed by atoms with Crippen molar-refractivity contribution in [3.8, 4) is 0 Å². The number of ketones is 1. The highest BCUT2D eigenvalue weighted by atomic mass is 19.3. The monoisotopic (exact) mass is 417 g/mol. The Labute approximate surface area is 175 Å². The van der Waals surface area contributed by atoms with E-state index in [2.05, 4.69) is 10.4 Å². The van der Waals surface area contributed by atoms with Gasteiger partial charge in [-0.25, -0.2) is 19.7 Å². The number of nitrogens with one attached hydrogen (secondary N) is 1. The third kappa shape index (κ3) is 6.00. The number of Topliss-reactive ketones (excluding diaryl/α,β-unsaturated/α-hetero) is 1. The lowest BCUT2D eigenvalue weighted by molar-refractivity contribution is -0.120. The number of alkyl halides is 2. The minimum atomic E-state index is -2.91. The molecule has 1 unspecified atom stereocenters. The molecule has 8 heteroatoms. The fraction of sp³-hybridized carbons (Fsp3) is 0.364. The second kappa shape index (κ2) is 9.67. The maximum Gasteiger partial charge on any atom is 0.270 e. The fourth-order valence-electron chi connectivity index (χ4n) is 3.03. The molecule has 0 aromatic heterocycles. The van der Waals surface area contributed by atoms with E-state index < -0.39 is 5.92 Å². The van der Waals surface area contributed by atoms with Crippen molar-refractivity contribution in [3.63, 3.8) is 0 Å². The van der Waals surface area contributed by atoms with Crippen LogP contribution in [0.5, 0.6) is 0 Å². The van der Waals surface area contributed by atoms with E-state index in [1.54, 1.807) is 31.3 Å². The number of nitrogens with two attached hydrogens (primary N) is 2. The first-order valence-corrected chi connectivity index (χ1v) is 9.77. The number of nitrogens with zero attached hydrogens (tertiary/aromatic N) is 2. The van der Waals surface area contributed by atoms with Gasteiger partial charge in [-0.05, 0) is 36.2 Å². The van der Waals surface area contributed by atoms with Gasteiger partial charge in [0.25, 0.3) is 5.92 Å². The molecule has 0 aliphatic rings. The number of hydrazone groups is 1. The first kappa shape index (κ1) is 23.3. The van der Waals surface area contributed by atoms with Gasteiger partial charge in [-0.1, -0.05) is 32.0 Å². The third-order valence-electron chi connectivity index (χ3n) is 4.74. The molecular weight excluding hydrogens is 388 g/mol. The molecule has 1 atom stereocenters. The molecule has 0 aliphatic heterocycles. The smallest absolute Gasteiger partial charge is 0.270 e. The highest BCUT2D eigenvalue weighted by Gasteiger charge is 2.23. The molecule has 0 saturated carbocycles. The Morgan fingerprint density at radius 1 is 1.23 bits per heavy atom. The highest BCUT2D eigenvalue weighted by molar-refractivity contribution is 6.03. The molecular formula is C22H29F2N5O. The maximum atomic E-state index is 13.4. The number of hydrogen-bond donors (Lipinski definition) is 3. The molecule has 0 radical (unpaired) electrons. The molecule has 6 nitrogen and oxygen atoms in total. The number of rotatable bonds is 9. The van der Waals surface area contributed by atoms with Crippen LogP contribution in [0.15, 0.2) is 47.6 Å². The lowest BCUT2D eigenvalue weighted by Gasteiger charge is -2.18. The SMILES string of the molecule is CCCC(=O)C(C)c1ccc(Nc2ccc(C(C)(F)F)cc2)c(/C(N)=N/N(C)N)c1. The summed E-state index contributed by atoms with van der Waals surface area (Å²) in [5.41, 5.74) is 8.67. The summed E-state index contributed by atoms with van der Waals surface area (Å²) in [6, 6.07) is 11.3. The van der Waals surface area contributed by atoms with Gasteiger partial charge in [0.1, 0.15) is 5.78 Å². The Balaban J connectivity index is 2.41. The van der Waals surface area contributed by atoms with E-state index in [-0.39, 0.29) is 23.1 Å². The zero-order chi connectivity index (χ0) is 22.5. The van der Waals surface area contributed by atoms with Crippen LogP contribution in [0.3, 0.4) is 0 Å². The topological polar surface area (TPSA) is 96.7 Å². The van der Waals surface area contributed by atoms with Gasteiger partial charge >= 0.3 is 0 Å². The molecule has 2 aromatic rings. The molecule has 5 N–H and O–H groups in total. The molecule has 0 saturated heterocycles. The van der Waals surface area contributed by atoms with Crippen LogP contribution in [-0.4, -0.2) is 23.8 Å². The van der Waals surface area contributed by atoms with Crippen LogP contribution in [0.25, 0.3) is 0 Å². The zero-order valence-corrected chi connectivity index (χ0v) is 17.7. The summed E-state index contributed by atoms with van der Waals surface area (Å²) in [4.78, 5) is 12.3. The van der Waals surface area contributed by atoms with Gasteiger partial charge in [-0.15, -0.1) is 5.10 Å². The average molecular weight is 418 g/mol. The average Bonchev–Trinajstić information content (AvgIpc) is 2.67. The summed E-state index contributed by atoms with van der Waals surface area (Å²) in [5.74, 6) is 2.71. The van der Waals surface area contributed by atoms with Crippen molar-refractivity contribution >= 4 is 23.0 Å². The van der Waals surface area contributed by atoms with Crippen molar-refractivity contribution < 1.29 is 13.6 Å². The zero-order valence-electron chi connectivity index (χ0n) is 17.7. The van der Waals surface area contributed by atoms with Gasteiger partial charge in [0.05, 0.1) is 0 Å². The highest BCUT2D eigenvalue weighted by Crippen LogP contribution is 2.30. The second-order valence-electron chi connectivity index (χ2n) is 7.39. The van der Waals surface area contributed by atoms with Crippen molar-refractivity contribution in [1.82, 2.24) is 5.12 Å². The van der Waals surface area contributed by atoms with E-state index >= 15 is 0 Å². The van der Waals surface area contributed by atoms with E-state index in [0.717, 1.165) is 24.0 Å². The minimum absolute atomic E-state index is 0.0716. The lowest BCUT2D eigenvalue weighted by Crippen LogP contribution is -2.26. The van der Waals surface area contributed by atoms with Gasteiger partial charge in [-0.3, -0.25) is 4.79 Å². The van der Waals surface area contributed by atoms with E-state index in [1.807, 2.05) is 19.9 Å². The van der Waals surface area contributed by atoms with Crippen LogP contribution < -0.4 is 16.9 Å². The van der Waals surface area contributed by atoms with Crippen LogP contribution in [0.1, 0.15) is 56.2 Å². The predicted octanol–water partition coefficient (Wildman–Crippen LogP) is 4.44. The molecule has 0 amide bonds. The summed E-state index contributed by atoms with van der Waals surface area (Å²) < 4.78 is 26.9. The van der Waals surface area contributed by atoms with E-state index in [1.165, 1.54) is 12.1 Å². The second-order valence-corrected chi connectivity index (χ2v) is 7.39. The minimum Gasteiger partial charge on any atom is -0.382 e.